The van der Waals surface area contributed by atoms with Gasteiger partial charge in [-0.3, -0.25) is 24.4 Å². The third-order valence-electron chi connectivity index (χ3n) is 9.04. The number of imide groups is 1. The topological polar surface area (TPSA) is 97.2 Å². The van der Waals surface area contributed by atoms with Crippen molar-refractivity contribution in [1.29, 1.82) is 0 Å². The summed E-state index contributed by atoms with van der Waals surface area (Å²) in [7, 11) is 0. The van der Waals surface area contributed by atoms with Crippen LogP contribution in [-0.2, 0) is 22.6 Å². The van der Waals surface area contributed by atoms with Gasteiger partial charge in [-0.25, -0.2) is 9.37 Å². The van der Waals surface area contributed by atoms with Crippen molar-refractivity contribution < 1.29 is 18.8 Å². The third-order valence-corrected chi connectivity index (χ3v) is 9.04. The highest BCUT2D eigenvalue weighted by Gasteiger charge is 2.39. The summed E-state index contributed by atoms with van der Waals surface area (Å²) in [6.45, 7) is 2.11. The maximum absolute atomic E-state index is 13.8. The molecular formula is C31H32FN5O3. The van der Waals surface area contributed by atoms with Crippen LogP contribution in [0.2, 0.25) is 0 Å². The Kier molecular flexibility index (Phi) is 6.05. The summed E-state index contributed by atoms with van der Waals surface area (Å²) >= 11 is 0. The molecule has 4 heterocycles. The first kappa shape index (κ1) is 25.1. The highest BCUT2D eigenvalue weighted by molar-refractivity contribution is 6.05. The molecule has 2 aliphatic carbocycles. The normalized spacial score (nSPS) is 24.2. The molecule has 4 aliphatic rings. The number of fused-ring (bicyclic) bond motifs is 1. The molecule has 1 unspecified atom stereocenters. The number of aryl methyl sites for hydroxylation is 2. The number of halogens is 1. The molecule has 1 aromatic carbocycles. The third kappa shape index (κ3) is 4.51. The lowest BCUT2D eigenvalue weighted by Crippen LogP contribution is -2.52. The first-order chi connectivity index (χ1) is 19.3. The highest BCUT2D eigenvalue weighted by atomic mass is 19.1. The number of carbonyl (C=O) groups excluding carboxylic acids is 3. The number of hydrogen-bond donors (Lipinski definition) is 1. The molecular weight excluding hydrogens is 509 g/mol. The Hall–Kier alpha value is -3.88. The molecule has 9 heteroatoms. The van der Waals surface area contributed by atoms with E-state index in [0.717, 1.165) is 61.0 Å². The fourth-order valence-electron chi connectivity index (χ4n) is 6.45. The fraction of sp³-hybridized carbons (Fsp3) is 0.452. The number of nitrogens with one attached hydrogen (secondary N) is 1. The molecule has 1 saturated heterocycles. The van der Waals surface area contributed by atoms with E-state index < -0.39 is 6.04 Å². The van der Waals surface area contributed by atoms with E-state index in [2.05, 4.69) is 27.2 Å². The second kappa shape index (κ2) is 9.64. The Labute approximate surface area is 232 Å². The van der Waals surface area contributed by atoms with Gasteiger partial charge < -0.3 is 4.90 Å². The van der Waals surface area contributed by atoms with Crippen LogP contribution in [-0.4, -0.2) is 43.4 Å². The molecule has 2 saturated carbocycles. The van der Waals surface area contributed by atoms with Crippen LogP contribution in [0.4, 0.5) is 4.39 Å². The minimum Gasteiger partial charge on any atom is -0.322 e. The lowest BCUT2D eigenvalue weighted by atomic mass is 9.77. The van der Waals surface area contributed by atoms with Gasteiger partial charge in [0, 0.05) is 36.2 Å². The van der Waals surface area contributed by atoms with Crippen molar-refractivity contribution in [2.45, 2.75) is 82.8 Å². The molecule has 2 aliphatic heterocycles. The predicted molar refractivity (Wildman–Crippen MR) is 145 cm³/mol. The molecule has 7 rings (SSSR count). The Morgan fingerprint density at radius 1 is 1.05 bits per heavy atom. The Morgan fingerprint density at radius 3 is 2.62 bits per heavy atom. The molecule has 2 aromatic heterocycles. The zero-order chi connectivity index (χ0) is 27.5. The smallest absolute Gasteiger partial charge is 0.255 e. The van der Waals surface area contributed by atoms with Crippen LogP contribution in [0.1, 0.15) is 89.8 Å². The first-order valence-electron chi connectivity index (χ1n) is 14.3. The minimum absolute atomic E-state index is 0.131. The predicted octanol–water partition coefficient (Wildman–Crippen LogP) is 4.61. The maximum atomic E-state index is 13.8. The minimum atomic E-state index is -0.584. The fourth-order valence-corrected chi connectivity index (χ4v) is 6.45. The summed E-state index contributed by atoms with van der Waals surface area (Å²) < 4.78 is 15.9. The lowest BCUT2D eigenvalue weighted by molar-refractivity contribution is -0.136. The van der Waals surface area contributed by atoms with Gasteiger partial charge in [-0.2, -0.15) is 5.10 Å². The Bertz CT molecular complexity index is 1540. The molecule has 8 nitrogen and oxygen atoms in total. The van der Waals surface area contributed by atoms with Gasteiger partial charge in [0.1, 0.15) is 11.9 Å². The van der Waals surface area contributed by atoms with E-state index in [1.807, 2.05) is 12.1 Å². The summed E-state index contributed by atoms with van der Waals surface area (Å²) in [6.07, 6.45) is 9.21. The Balaban J connectivity index is 0.971. The molecule has 0 bridgehead atoms. The monoisotopic (exact) mass is 541 g/mol. The maximum Gasteiger partial charge on any atom is 0.255 e. The van der Waals surface area contributed by atoms with Gasteiger partial charge in [0.05, 0.1) is 23.1 Å². The van der Waals surface area contributed by atoms with Crippen molar-refractivity contribution >= 4 is 17.7 Å². The van der Waals surface area contributed by atoms with Crippen molar-refractivity contribution in [3.05, 3.63) is 70.4 Å². The molecule has 3 amide bonds. The Morgan fingerprint density at radius 2 is 1.88 bits per heavy atom. The highest BCUT2D eigenvalue weighted by Crippen LogP contribution is 2.46. The van der Waals surface area contributed by atoms with Crippen LogP contribution >= 0.6 is 0 Å². The average Bonchev–Trinajstić information content (AvgIpc) is 3.58. The van der Waals surface area contributed by atoms with Crippen LogP contribution in [0.25, 0.3) is 11.3 Å². The lowest BCUT2D eigenvalue weighted by Gasteiger charge is -2.35. The number of benzene rings is 1. The second-order valence-electron chi connectivity index (χ2n) is 11.9. The summed E-state index contributed by atoms with van der Waals surface area (Å²) in [5.41, 5.74) is 6.16. The van der Waals surface area contributed by atoms with Crippen molar-refractivity contribution in [3.8, 4) is 11.3 Å². The van der Waals surface area contributed by atoms with Crippen molar-refractivity contribution in [2.24, 2.45) is 5.92 Å². The number of hydrogen-bond acceptors (Lipinski definition) is 5. The van der Waals surface area contributed by atoms with Gasteiger partial charge >= 0.3 is 0 Å². The molecule has 40 heavy (non-hydrogen) atoms. The number of rotatable bonds is 7. The molecule has 0 radical (unpaired) electrons. The van der Waals surface area contributed by atoms with E-state index in [4.69, 9.17) is 5.10 Å². The number of pyridine rings is 1. The van der Waals surface area contributed by atoms with Crippen molar-refractivity contribution in [3.63, 3.8) is 0 Å². The molecule has 1 atom stereocenters. The zero-order valence-electron chi connectivity index (χ0n) is 22.5. The van der Waals surface area contributed by atoms with Crippen molar-refractivity contribution in [2.75, 3.05) is 0 Å². The number of amides is 3. The standard InChI is InChI=1S/C31H32FN5O3/c1-17-25(32)8-9-26(33-17)24-16-37(35-29(24)20-5-6-20)22-13-19(14-22)3-2-18-4-7-23-21(12-18)15-36(31(23)40)27-10-11-28(38)34-30(27)39/h4,7-9,12,16,19-20,22,27H,2-3,5-6,10-11,13-15H2,1H3,(H,34,38,39)/t19-,22-,27?. The van der Waals surface area contributed by atoms with Crippen LogP contribution in [0.15, 0.2) is 36.5 Å². The molecule has 3 aromatic rings. The second-order valence-corrected chi connectivity index (χ2v) is 11.9. The molecule has 0 spiro atoms. The SMILES string of the molecule is Cc1nc(-c2cn([C@H]3C[C@H](CCc4ccc5c(c4)CN(C4CCC(=O)NC4=O)C5=O)C3)nc2C2CC2)ccc1F. The average molecular weight is 542 g/mol. The van der Waals surface area contributed by atoms with Crippen LogP contribution < -0.4 is 5.32 Å². The molecule has 1 N–H and O–H groups in total. The van der Waals surface area contributed by atoms with Gasteiger partial charge in [0.25, 0.3) is 5.91 Å². The number of carbonyl (C=O) groups is 3. The van der Waals surface area contributed by atoms with Gasteiger partial charge in [-0.05, 0) is 87.1 Å². The zero-order valence-corrected chi connectivity index (χ0v) is 22.5. The summed E-state index contributed by atoms with van der Waals surface area (Å²) in [5, 5.41) is 7.33. The van der Waals surface area contributed by atoms with E-state index in [-0.39, 0.29) is 30.0 Å². The van der Waals surface area contributed by atoms with Gasteiger partial charge in [-0.1, -0.05) is 12.1 Å². The van der Waals surface area contributed by atoms with E-state index >= 15 is 0 Å². The summed E-state index contributed by atoms with van der Waals surface area (Å²) in [6, 6.07) is 9.06. The van der Waals surface area contributed by atoms with E-state index in [1.165, 1.54) is 11.6 Å². The first-order valence-corrected chi connectivity index (χ1v) is 14.3. The van der Waals surface area contributed by atoms with Crippen molar-refractivity contribution in [1.82, 2.24) is 25.0 Å². The summed E-state index contributed by atoms with van der Waals surface area (Å²) in [5.74, 6) is 0.0255. The van der Waals surface area contributed by atoms with Gasteiger partial charge in [-0.15, -0.1) is 0 Å². The van der Waals surface area contributed by atoms with E-state index in [0.29, 0.717) is 42.1 Å². The number of nitrogens with zero attached hydrogens (tertiary/aromatic N) is 4. The van der Waals surface area contributed by atoms with Gasteiger partial charge in [0.2, 0.25) is 11.8 Å². The molecule has 206 valence electrons. The number of piperidine rings is 1. The number of aromatic nitrogens is 3. The van der Waals surface area contributed by atoms with E-state index in [9.17, 15) is 18.8 Å². The van der Waals surface area contributed by atoms with Crippen LogP contribution in [0, 0.1) is 18.7 Å². The van der Waals surface area contributed by atoms with Crippen LogP contribution in [0.3, 0.4) is 0 Å². The molecule has 3 fully saturated rings. The quantitative estimate of drug-likeness (QED) is 0.441. The largest absolute Gasteiger partial charge is 0.322 e. The van der Waals surface area contributed by atoms with Crippen LogP contribution in [0.5, 0.6) is 0 Å². The van der Waals surface area contributed by atoms with E-state index in [1.54, 1.807) is 17.9 Å². The van der Waals surface area contributed by atoms with Gasteiger partial charge in [0.15, 0.2) is 0 Å². The summed E-state index contributed by atoms with van der Waals surface area (Å²) in [4.78, 5) is 42.9.